The van der Waals surface area contributed by atoms with E-state index in [0.717, 1.165) is 44.2 Å². The fraction of sp³-hybridized carbons (Fsp3) is 0.889. The predicted octanol–water partition coefficient (Wildman–Crippen LogP) is -0.699. The number of nitrogens with zero attached hydrogens (tertiary/aromatic N) is 4. The van der Waals surface area contributed by atoms with Gasteiger partial charge >= 0.3 is 0 Å². The first-order chi connectivity index (χ1) is 31.8. The van der Waals surface area contributed by atoms with Gasteiger partial charge in [-0.2, -0.15) is 0 Å². The number of amides is 3. The van der Waals surface area contributed by atoms with Crippen LogP contribution in [0.3, 0.4) is 0 Å². The van der Waals surface area contributed by atoms with E-state index >= 15 is 0 Å². The summed E-state index contributed by atoms with van der Waals surface area (Å²) in [6.07, 6.45) is -1.79. The summed E-state index contributed by atoms with van der Waals surface area (Å²) in [6, 6.07) is -1.20. The first kappa shape index (κ1) is 52.4. The summed E-state index contributed by atoms with van der Waals surface area (Å²) in [4.78, 5) is 42.6. The van der Waals surface area contributed by atoms with Crippen molar-refractivity contribution in [2.75, 3.05) is 52.7 Å². The van der Waals surface area contributed by atoms with Crippen molar-refractivity contribution in [3.05, 3.63) is 11.9 Å². The minimum absolute atomic E-state index is 0.0477. The van der Waals surface area contributed by atoms with E-state index in [9.17, 15) is 39.9 Å². The molecule has 21 heteroatoms. The average molecular weight is 941 g/mol. The monoisotopic (exact) mass is 941 g/mol. The van der Waals surface area contributed by atoms with Gasteiger partial charge in [-0.3, -0.25) is 19.1 Å². The zero-order valence-corrected chi connectivity index (χ0v) is 38.9. The molecule has 0 spiro atoms. The van der Waals surface area contributed by atoms with Crippen LogP contribution in [0.15, 0.2) is 6.20 Å². The molecule has 5 fully saturated rings. The normalized spacial score (nSPS) is 34.7. The van der Waals surface area contributed by atoms with Crippen LogP contribution in [0.1, 0.15) is 104 Å². The molecule has 21 nitrogen and oxygen atoms in total. The molecule has 376 valence electrons. The third kappa shape index (κ3) is 13.6. The Kier molecular flexibility index (Phi) is 19.9. The van der Waals surface area contributed by atoms with Gasteiger partial charge in [-0.25, -0.2) is 0 Å². The summed E-state index contributed by atoms with van der Waals surface area (Å²) >= 11 is 0. The lowest BCUT2D eigenvalue weighted by Gasteiger charge is -2.50. The third-order valence-corrected chi connectivity index (χ3v) is 14.0. The van der Waals surface area contributed by atoms with Gasteiger partial charge in [0.25, 0.3) is 5.91 Å². The smallest absolute Gasteiger partial charge is 0.251 e. The number of aliphatic hydroxyl groups excluding tert-OH is 5. The quantitative estimate of drug-likeness (QED) is 0.0630. The number of aromatic nitrogens is 3. The van der Waals surface area contributed by atoms with E-state index in [0.29, 0.717) is 58.3 Å². The molecule has 3 amide bonds. The Balaban J connectivity index is 1.21. The van der Waals surface area contributed by atoms with Gasteiger partial charge in [0, 0.05) is 64.7 Å². The Labute approximate surface area is 387 Å². The van der Waals surface area contributed by atoms with E-state index in [2.05, 4.69) is 20.9 Å². The van der Waals surface area contributed by atoms with Crippen molar-refractivity contribution >= 4 is 17.7 Å². The molecule has 2 saturated carbocycles. The predicted molar refractivity (Wildman–Crippen MR) is 233 cm³/mol. The number of likely N-dealkylation sites (tertiary alicyclic amines) is 1. The van der Waals surface area contributed by atoms with Gasteiger partial charge in [-0.05, 0) is 50.9 Å². The summed E-state index contributed by atoms with van der Waals surface area (Å²) < 4.78 is 39.8. The highest BCUT2D eigenvalue weighted by molar-refractivity contribution is 5.81. The van der Waals surface area contributed by atoms with Crippen molar-refractivity contribution in [2.45, 2.75) is 184 Å². The van der Waals surface area contributed by atoms with Crippen LogP contribution in [-0.2, 0) is 55.8 Å². The minimum Gasteiger partial charge on any atom is -0.396 e. The number of carbonyl (C=O) groups excluding carboxylic acids is 3. The van der Waals surface area contributed by atoms with Gasteiger partial charge < -0.3 is 74.6 Å². The fourth-order valence-electron chi connectivity index (χ4n) is 10.1. The molecule has 0 aromatic carbocycles. The van der Waals surface area contributed by atoms with Crippen molar-refractivity contribution in [1.29, 1.82) is 0 Å². The third-order valence-electron chi connectivity index (χ3n) is 14.0. The number of aryl methyl sites for hydroxylation is 1. The van der Waals surface area contributed by atoms with E-state index in [-0.39, 0.29) is 56.3 Å². The van der Waals surface area contributed by atoms with Crippen LogP contribution in [0, 0.1) is 17.8 Å². The molecule has 5 aliphatic rings. The number of carbonyl (C=O) groups is 3. The molecular formula is C45H76N6O15. The maximum atomic E-state index is 14.0. The molecule has 1 aromatic heterocycles. The number of rotatable bonds is 23. The minimum atomic E-state index is -1.92. The maximum Gasteiger partial charge on any atom is 0.251 e. The highest BCUT2D eigenvalue weighted by atomic mass is 16.7. The SMILES string of the molecule is CCC1CC(C(=O)NCCOCCc2cn(CCCO)nn2)C[C@@H](O[C@@H]2OC(CO)[C@H](O)C(O[C@@H](CC3CCCCC3)C(=O)N3CCC3)C2NC(C)=O)C1O[C@@H]1OC(C)CC(O)(CO)C1O. The Bertz CT molecular complexity index is 1670. The van der Waals surface area contributed by atoms with E-state index in [4.69, 9.17) is 33.5 Å². The molecule has 3 saturated heterocycles. The van der Waals surface area contributed by atoms with Crippen LogP contribution in [0.5, 0.6) is 0 Å². The second-order valence-electron chi connectivity index (χ2n) is 19.0. The van der Waals surface area contributed by atoms with Gasteiger partial charge in [-0.15, -0.1) is 5.10 Å². The lowest BCUT2D eigenvalue weighted by atomic mass is 9.75. The van der Waals surface area contributed by atoms with Crippen LogP contribution in [0.25, 0.3) is 0 Å². The maximum absolute atomic E-state index is 14.0. The topological polar surface area (TPSA) is 286 Å². The number of aliphatic hydroxyl groups is 6. The number of hydrogen-bond donors (Lipinski definition) is 8. The molecule has 0 bridgehead atoms. The van der Waals surface area contributed by atoms with Crippen molar-refractivity contribution in [3.63, 3.8) is 0 Å². The summed E-state index contributed by atoms with van der Waals surface area (Å²) in [7, 11) is 0. The molecule has 4 heterocycles. The summed E-state index contributed by atoms with van der Waals surface area (Å²) in [5, 5.41) is 78.0. The van der Waals surface area contributed by atoms with Gasteiger partial charge in [0.2, 0.25) is 11.8 Å². The summed E-state index contributed by atoms with van der Waals surface area (Å²) in [6.45, 7) is 6.10. The molecule has 66 heavy (non-hydrogen) atoms. The first-order valence-corrected chi connectivity index (χ1v) is 24.3. The summed E-state index contributed by atoms with van der Waals surface area (Å²) in [5.41, 5.74) is -1.17. The lowest BCUT2D eigenvalue weighted by Crippen LogP contribution is -2.67. The van der Waals surface area contributed by atoms with E-state index < -0.39 is 98.1 Å². The number of nitrogens with one attached hydrogen (secondary N) is 2. The first-order valence-electron chi connectivity index (χ1n) is 24.3. The van der Waals surface area contributed by atoms with Crippen LogP contribution in [0.2, 0.25) is 0 Å². The number of hydrogen-bond acceptors (Lipinski definition) is 17. The van der Waals surface area contributed by atoms with Crippen LogP contribution in [0.4, 0.5) is 0 Å². The van der Waals surface area contributed by atoms with Crippen molar-refractivity contribution < 1.29 is 73.4 Å². The largest absolute Gasteiger partial charge is 0.396 e. The van der Waals surface area contributed by atoms with Crippen molar-refractivity contribution in [2.24, 2.45) is 17.8 Å². The van der Waals surface area contributed by atoms with Gasteiger partial charge in [0.1, 0.15) is 42.2 Å². The summed E-state index contributed by atoms with van der Waals surface area (Å²) in [5.74, 6) is -1.75. The van der Waals surface area contributed by atoms with Crippen molar-refractivity contribution in [3.8, 4) is 0 Å². The molecule has 1 aromatic rings. The Morgan fingerprint density at radius 1 is 1.00 bits per heavy atom. The molecule has 3 aliphatic heterocycles. The fourth-order valence-corrected chi connectivity index (χ4v) is 10.1. The second kappa shape index (κ2) is 25.1. The molecule has 8 N–H and O–H groups in total. The number of ether oxygens (including phenoxy) is 6. The molecular weight excluding hydrogens is 865 g/mol. The highest BCUT2D eigenvalue weighted by Crippen LogP contribution is 2.41. The Morgan fingerprint density at radius 3 is 2.44 bits per heavy atom. The van der Waals surface area contributed by atoms with E-state index in [1.54, 1.807) is 22.7 Å². The zero-order valence-electron chi connectivity index (χ0n) is 38.9. The molecule has 0 radical (unpaired) electrons. The highest BCUT2D eigenvalue weighted by Gasteiger charge is 2.54. The van der Waals surface area contributed by atoms with E-state index in [1.165, 1.54) is 6.92 Å². The van der Waals surface area contributed by atoms with E-state index in [1.807, 2.05) is 6.92 Å². The Morgan fingerprint density at radius 2 is 1.77 bits per heavy atom. The average Bonchev–Trinajstić information content (AvgIpc) is 3.74. The molecule has 9 unspecified atom stereocenters. The van der Waals surface area contributed by atoms with Crippen LogP contribution < -0.4 is 10.6 Å². The molecule has 6 rings (SSSR count). The van der Waals surface area contributed by atoms with Crippen LogP contribution in [-0.4, -0.2) is 194 Å². The second-order valence-corrected chi connectivity index (χ2v) is 19.0. The van der Waals surface area contributed by atoms with Gasteiger partial charge in [-0.1, -0.05) is 50.7 Å². The zero-order chi connectivity index (χ0) is 47.4. The van der Waals surface area contributed by atoms with Gasteiger partial charge in [0.05, 0.1) is 50.4 Å². The lowest BCUT2D eigenvalue weighted by molar-refractivity contribution is -0.340. The van der Waals surface area contributed by atoms with Crippen LogP contribution >= 0.6 is 0 Å². The molecule has 2 aliphatic carbocycles. The molecule has 14 atom stereocenters. The standard InChI is InChI=1S/C45H76N6O15/c1-4-30-21-31(41(58)46-13-19-61-18-12-32-24-51(49-48-32)16-9-17-52)22-33(38(30)66-44-40(57)45(60,26-54)23-27(2)62-44)64-43-36(47-28(3)55)39(37(56)35(25-53)65-43)63-34(42(59)50-14-8-15-50)20-29-10-6-5-7-11-29/h24,27,29-31,33-40,43-44,52-54,56-57,60H,4-23,25-26H2,1-3H3,(H,46,58)(H,47,55)/t27?,30?,31?,33-,34+,35?,36?,37+,38?,39?,40?,43-,44+,45?/m1/s1. The Hall–Kier alpha value is -2.93. The van der Waals surface area contributed by atoms with Gasteiger partial charge in [0.15, 0.2) is 12.6 Å². The van der Waals surface area contributed by atoms with Crippen molar-refractivity contribution in [1.82, 2.24) is 30.5 Å².